The maximum atomic E-state index is 13.3. The van der Waals surface area contributed by atoms with Crippen LogP contribution in [0.5, 0.6) is 0 Å². The molecule has 1 aromatic heterocycles. The Morgan fingerprint density at radius 1 is 1.17 bits per heavy atom. The second kappa shape index (κ2) is 9.55. The molecule has 1 unspecified atom stereocenters. The lowest BCUT2D eigenvalue weighted by Gasteiger charge is -2.31. The van der Waals surface area contributed by atoms with Gasteiger partial charge in [-0.3, -0.25) is 4.79 Å². The van der Waals surface area contributed by atoms with Crippen LogP contribution in [-0.4, -0.2) is 73.4 Å². The number of carbonyl (C=O) groups excluding carboxylic acids is 2. The monoisotopic (exact) mass is 505 g/mol. The Labute approximate surface area is 206 Å². The molecule has 2 aliphatic heterocycles. The first-order valence-electron chi connectivity index (χ1n) is 12.2. The summed E-state index contributed by atoms with van der Waals surface area (Å²) < 4.78 is 38.7. The number of hydrogen-bond donors (Lipinski definition) is 1. The number of hydrogen-bond acceptors (Lipinski definition) is 7. The van der Waals surface area contributed by atoms with Crippen LogP contribution in [0.15, 0.2) is 18.2 Å². The fraction of sp³-hybridized carbons (Fsp3) is 0.600. The summed E-state index contributed by atoms with van der Waals surface area (Å²) in [5, 5.41) is 3.79. The Hall–Kier alpha value is -2.43. The Bertz CT molecular complexity index is 1240. The van der Waals surface area contributed by atoms with E-state index in [2.05, 4.69) is 5.32 Å². The molecule has 2 aromatic rings. The number of methoxy groups -OCH3 is 1. The number of nitrogens with one attached hydrogen (secondary N) is 1. The lowest BCUT2D eigenvalue weighted by Crippen LogP contribution is -2.40. The molecule has 0 aliphatic carbocycles. The Kier molecular flexibility index (Phi) is 7.00. The number of ether oxygens (including phenoxy) is 2. The molecule has 1 saturated heterocycles. The highest BCUT2D eigenvalue weighted by atomic mass is 32.2. The molecule has 1 aromatic carbocycles. The van der Waals surface area contributed by atoms with E-state index < -0.39 is 27.6 Å². The summed E-state index contributed by atoms with van der Waals surface area (Å²) in [5.41, 5.74) is 1.39. The quantitative estimate of drug-likeness (QED) is 0.623. The van der Waals surface area contributed by atoms with Crippen molar-refractivity contribution in [2.45, 2.75) is 64.7 Å². The molecule has 0 spiro atoms. The zero-order valence-electron chi connectivity index (χ0n) is 21.1. The number of benzene rings is 1. The summed E-state index contributed by atoms with van der Waals surface area (Å²) in [6.07, 6.45) is 2.14. The van der Waals surface area contributed by atoms with Gasteiger partial charge < -0.3 is 19.7 Å². The molecule has 0 radical (unpaired) electrons. The average Bonchev–Trinajstić information content (AvgIpc) is 3.17. The molecule has 35 heavy (non-hydrogen) atoms. The van der Waals surface area contributed by atoms with Gasteiger partial charge >= 0.3 is 5.97 Å². The van der Waals surface area contributed by atoms with E-state index in [4.69, 9.17) is 9.47 Å². The van der Waals surface area contributed by atoms with Gasteiger partial charge in [0.1, 0.15) is 11.6 Å². The summed E-state index contributed by atoms with van der Waals surface area (Å²) in [4.78, 5) is 28.3. The van der Waals surface area contributed by atoms with Crippen LogP contribution < -0.4 is 5.32 Å². The van der Waals surface area contributed by atoms with E-state index in [9.17, 15) is 18.0 Å². The topological polar surface area (TPSA) is 107 Å². The molecule has 4 rings (SSSR count). The number of aromatic nitrogens is 1. The molecule has 1 fully saturated rings. The fourth-order valence-electron chi connectivity index (χ4n) is 4.95. The molecule has 3 heterocycles. The number of amides is 1. The van der Waals surface area contributed by atoms with Crippen molar-refractivity contribution in [1.29, 1.82) is 0 Å². The minimum absolute atomic E-state index is 0.0805. The van der Waals surface area contributed by atoms with E-state index in [-0.39, 0.29) is 17.8 Å². The zero-order valence-corrected chi connectivity index (χ0v) is 21.9. The van der Waals surface area contributed by atoms with Crippen molar-refractivity contribution < 1.29 is 27.5 Å². The van der Waals surface area contributed by atoms with Crippen molar-refractivity contribution in [3.63, 3.8) is 0 Å². The van der Waals surface area contributed by atoms with Crippen LogP contribution in [0.4, 0.5) is 0 Å². The lowest BCUT2D eigenvalue weighted by molar-refractivity contribution is -0.157. The first-order valence-corrected chi connectivity index (χ1v) is 13.8. The van der Waals surface area contributed by atoms with E-state index >= 15 is 0 Å². The van der Waals surface area contributed by atoms with Crippen molar-refractivity contribution in [3.05, 3.63) is 35.0 Å². The van der Waals surface area contributed by atoms with Crippen molar-refractivity contribution in [3.8, 4) is 0 Å². The zero-order chi connectivity index (χ0) is 25.5. The highest BCUT2D eigenvalue weighted by Gasteiger charge is 2.37. The van der Waals surface area contributed by atoms with Gasteiger partial charge in [0.15, 0.2) is 0 Å². The van der Waals surface area contributed by atoms with Gasteiger partial charge in [-0.05, 0) is 58.7 Å². The van der Waals surface area contributed by atoms with E-state index in [1.807, 2.05) is 0 Å². The molecular weight excluding hydrogens is 470 g/mol. The SMILES string of the molecule is CCS(=O)(=O)n1c2c(c3cc(C(=O)N4CCC(OC)CC4)ccc31)C(C(=O)OC(C)(C)C)NCC2. The first kappa shape index (κ1) is 25.7. The second-order valence-corrected chi connectivity index (χ2v) is 12.3. The largest absolute Gasteiger partial charge is 0.459 e. The van der Waals surface area contributed by atoms with Gasteiger partial charge in [0, 0.05) is 55.4 Å². The van der Waals surface area contributed by atoms with E-state index in [0.717, 1.165) is 12.8 Å². The third kappa shape index (κ3) is 4.96. The van der Waals surface area contributed by atoms with Crippen molar-refractivity contribution in [1.82, 2.24) is 14.2 Å². The van der Waals surface area contributed by atoms with Gasteiger partial charge in [-0.25, -0.2) is 17.2 Å². The van der Waals surface area contributed by atoms with Crippen LogP contribution in [0.25, 0.3) is 10.9 Å². The molecule has 1 N–H and O–H groups in total. The maximum absolute atomic E-state index is 13.3. The van der Waals surface area contributed by atoms with E-state index in [1.165, 1.54) is 3.97 Å². The second-order valence-electron chi connectivity index (χ2n) is 10.2. The maximum Gasteiger partial charge on any atom is 0.328 e. The first-order chi connectivity index (χ1) is 16.5. The van der Waals surface area contributed by atoms with Gasteiger partial charge in [-0.2, -0.15) is 0 Å². The molecule has 9 nitrogen and oxygen atoms in total. The Morgan fingerprint density at radius 3 is 2.46 bits per heavy atom. The summed E-state index contributed by atoms with van der Waals surface area (Å²) >= 11 is 0. The predicted molar refractivity (Wildman–Crippen MR) is 133 cm³/mol. The number of piperidine rings is 1. The van der Waals surface area contributed by atoms with Crippen molar-refractivity contribution in [2.75, 3.05) is 32.5 Å². The van der Waals surface area contributed by atoms with Gasteiger partial charge in [0.05, 0.1) is 17.4 Å². The van der Waals surface area contributed by atoms with Crippen LogP contribution in [-0.2, 0) is 30.7 Å². The molecule has 1 atom stereocenters. The average molecular weight is 506 g/mol. The van der Waals surface area contributed by atoms with Crippen LogP contribution in [0.2, 0.25) is 0 Å². The normalized spacial score (nSPS) is 19.6. The summed E-state index contributed by atoms with van der Waals surface area (Å²) in [7, 11) is -1.96. The molecule has 10 heteroatoms. The molecular formula is C25H35N3O6S. The minimum atomic E-state index is -3.64. The van der Waals surface area contributed by atoms with Crippen LogP contribution >= 0.6 is 0 Å². The molecule has 1 amide bonds. The minimum Gasteiger partial charge on any atom is -0.459 e. The Balaban J connectivity index is 1.83. The third-order valence-corrected chi connectivity index (χ3v) is 8.36. The van der Waals surface area contributed by atoms with Gasteiger partial charge in [-0.1, -0.05) is 0 Å². The Morgan fingerprint density at radius 2 is 1.86 bits per heavy atom. The lowest BCUT2D eigenvalue weighted by atomic mass is 9.96. The number of nitrogens with zero attached hydrogens (tertiary/aromatic N) is 2. The standard InChI is InChI=1S/C25H35N3O6S/c1-6-35(31,32)28-19-8-7-16(23(29)27-13-10-17(33-5)11-14-27)15-18(19)21-20(28)9-12-26-22(21)24(30)34-25(2,3)4/h7-8,15,17,22,26H,6,9-14H2,1-5H3. The summed E-state index contributed by atoms with van der Waals surface area (Å²) in [5.74, 6) is -0.660. The highest BCUT2D eigenvalue weighted by Crippen LogP contribution is 2.37. The van der Waals surface area contributed by atoms with Crippen LogP contribution in [0.3, 0.4) is 0 Å². The highest BCUT2D eigenvalue weighted by molar-refractivity contribution is 7.90. The molecule has 2 aliphatic rings. The van der Waals surface area contributed by atoms with E-state index in [0.29, 0.717) is 53.8 Å². The van der Waals surface area contributed by atoms with Crippen molar-refractivity contribution >= 4 is 32.8 Å². The smallest absolute Gasteiger partial charge is 0.328 e. The van der Waals surface area contributed by atoms with E-state index in [1.54, 1.807) is 57.9 Å². The fourth-order valence-corrected chi connectivity index (χ4v) is 6.20. The summed E-state index contributed by atoms with van der Waals surface area (Å²) in [6.45, 7) is 8.62. The third-order valence-electron chi connectivity index (χ3n) is 6.66. The van der Waals surface area contributed by atoms with Gasteiger partial charge in [-0.15, -0.1) is 0 Å². The number of likely N-dealkylation sites (tertiary alicyclic amines) is 1. The van der Waals surface area contributed by atoms with Gasteiger partial charge in [0.2, 0.25) is 10.0 Å². The summed E-state index contributed by atoms with van der Waals surface area (Å²) in [6, 6.07) is 4.26. The number of carbonyl (C=O) groups is 2. The van der Waals surface area contributed by atoms with Crippen molar-refractivity contribution in [2.24, 2.45) is 0 Å². The predicted octanol–water partition coefficient (Wildman–Crippen LogP) is 2.62. The number of rotatable bonds is 5. The number of esters is 1. The molecule has 0 saturated carbocycles. The van der Waals surface area contributed by atoms with Crippen LogP contribution in [0.1, 0.15) is 68.2 Å². The van der Waals surface area contributed by atoms with Crippen LogP contribution in [0, 0.1) is 0 Å². The number of fused-ring (bicyclic) bond motifs is 3. The van der Waals surface area contributed by atoms with Gasteiger partial charge in [0.25, 0.3) is 5.91 Å². The molecule has 192 valence electrons. The molecule has 0 bridgehead atoms.